The molecule has 0 saturated carbocycles. The molecule has 6 heteroatoms. The quantitative estimate of drug-likeness (QED) is 0.734. The first-order chi connectivity index (χ1) is 14.0. The van der Waals surface area contributed by atoms with Gasteiger partial charge in [-0.3, -0.25) is 19.4 Å². The molecule has 0 radical (unpaired) electrons. The number of hydrogen-bond acceptors (Lipinski definition) is 4. The van der Waals surface area contributed by atoms with Crippen molar-refractivity contribution in [2.75, 3.05) is 19.6 Å². The Kier molecular flexibility index (Phi) is 7.11. The number of aryl methyl sites for hydroxylation is 1. The van der Waals surface area contributed by atoms with E-state index >= 15 is 0 Å². The molecule has 0 aliphatic carbocycles. The van der Waals surface area contributed by atoms with E-state index in [0.717, 1.165) is 18.4 Å². The molecule has 0 atom stereocenters. The predicted octanol–water partition coefficient (Wildman–Crippen LogP) is 3.02. The Morgan fingerprint density at radius 2 is 1.76 bits per heavy atom. The van der Waals surface area contributed by atoms with Gasteiger partial charge in [-0.15, -0.1) is 0 Å². The lowest BCUT2D eigenvalue weighted by atomic mass is 9.96. The number of nitrogens with zero attached hydrogens (tertiary/aromatic N) is 2. The zero-order valence-electron chi connectivity index (χ0n) is 16.8. The van der Waals surface area contributed by atoms with Gasteiger partial charge >= 0.3 is 0 Å². The van der Waals surface area contributed by atoms with Crippen LogP contribution >= 0.6 is 0 Å². The minimum atomic E-state index is -0.119. The average molecular weight is 393 g/mol. The van der Waals surface area contributed by atoms with E-state index in [1.165, 1.54) is 0 Å². The van der Waals surface area contributed by atoms with Crippen molar-refractivity contribution in [3.63, 3.8) is 0 Å². The summed E-state index contributed by atoms with van der Waals surface area (Å²) in [5, 5.41) is 2.95. The second-order valence-electron chi connectivity index (χ2n) is 7.57. The van der Waals surface area contributed by atoms with Gasteiger partial charge in [-0.1, -0.05) is 29.8 Å². The lowest BCUT2D eigenvalue weighted by Crippen LogP contribution is -2.41. The fraction of sp³-hybridized carbons (Fsp3) is 0.391. The molecule has 29 heavy (non-hydrogen) atoms. The summed E-state index contributed by atoms with van der Waals surface area (Å²) in [5.41, 5.74) is 2.32. The van der Waals surface area contributed by atoms with Crippen molar-refractivity contribution in [2.45, 2.75) is 32.6 Å². The SMILES string of the molecule is Cc1ccc(C(=O)CCC(=O)N2CCC(CNC(=O)c3cccnc3)CC2)cc1. The molecule has 152 valence electrons. The van der Waals surface area contributed by atoms with E-state index in [-0.39, 0.29) is 30.4 Å². The van der Waals surface area contributed by atoms with Crippen LogP contribution in [0.25, 0.3) is 0 Å². The fourth-order valence-corrected chi connectivity index (χ4v) is 3.49. The van der Waals surface area contributed by atoms with Crippen molar-refractivity contribution in [3.05, 3.63) is 65.5 Å². The number of carbonyl (C=O) groups is 3. The first kappa shape index (κ1) is 20.7. The van der Waals surface area contributed by atoms with Gasteiger partial charge in [0.15, 0.2) is 5.78 Å². The number of ketones is 1. The number of aromatic nitrogens is 1. The molecule has 1 fully saturated rings. The van der Waals surface area contributed by atoms with E-state index in [0.29, 0.717) is 36.7 Å². The highest BCUT2D eigenvalue weighted by Gasteiger charge is 2.23. The summed E-state index contributed by atoms with van der Waals surface area (Å²) in [5.74, 6) is 0.273. The highest BCUT2D eigenvalue weighted by atomic mass is 16.2. The van der Waals surface area contributed by atoms with Gasteiger partial charge in [0.2, 0.25) is 5.91 Å². The van der Waals surface area contributed by atoms with Crippen LogP contribution in [0.1, 0.15) is 52.0 Å². The summed E-state index contributed by atoms with van der Waals surface area (Å²) >= 11 is 0. The van der Waals surface area contributed by atoms with Crippen LogP contribution in [0.3, 0.4) is 0 Å². The van der Waals surface area contributed by atoms with Crippen molar-refractivity contribution < 1.29 is 14.4 Å². The van der Waals surface area contributed by atoms with Gasteiger partial charge in [0, 0.05) is 50.4 Å². The molecule has 1 aromatic heterocycles. The van der Waals surface area contributed by atoms with Crippen LogP contribution in [0.5, 0.6) is 0 Å². The van der Waals surface area contributed by atoms with E-state index in [9.17, 15) is 14.4 Å². The van der Waals surface area contributed by atoms with Gasteiger partial charge < -0.3 is 10.2 Å². The summed E-state index contributed by atoms with van der Waals surface area (Å²) in [7, 11) is 0. The first-order valence-corrected chi connectivity index (χ1v) is 10.1. The molecule has 0 spiro atoms. The molecule has 1 N–H and O–H groups in total. The van der Waals surface area contributed by atoms with E-state index in [1.807, 2.05) is 36.1 Å². The predicted molar refractivity (Wildman–Crippen MR) is 111 cm³/mol. The van der Waals surface area contributed by atoms with Crippen molar-refractivity contribution in [1.29, 1.82) is 0 Å². The second-order valence-corrected chi connectivity index (χ2v) is 7.57. The number of rotatable bonds is 7. The van der Waals surface area contributed by atoms with Gasteiger partial charge in [0.25, 0.3) is 5.91 Å². The third kappa shape index (κ3) is 5.98. The summed E-state index contributed by atoms with van der Waals surface area (Å²) < 4.78 is 0. The maximum atomic E-state index is 12.4. The van der Waals surface area contributed by atoms with Crippen LogP contribution < -0.4 is 5.32 Å². The highest BCUT2D eigenvalue weighted by Crippen LogP contribution is 2.18. The molecule has 1 aliphatic heterocycles. The van der Waals surface area contributed by atoms with E-state index in [4.69, 9.17) is 0 Å². The number of carbonyl (C=O) groups excluding carboxylic acids is 3. The maximum absolute atomic E-state index is 12.4. The van der Waals surface area contributed by atoms with Crippen molar-refractivity contribution >= 4 is 17.6 Å². The second kappa shape index (κ2) is 9.96. The van der Waals surface area contributed by atoms with E-state index in [2.05, 4.69) is 10.3 Å². The Balaban J connectivity index is 1.37. The minimum Gasteiger partial charge on any atom is -0.352 e. The summed E-state index contributed by atoms with van der Waals surface area (Å²) in [4.78, 5) is 42.6. The highest BCUT2D eigenvalue weighted by molar-refractivity contribution is 5.98. The van der Waals surface area contributed by atoms with Crippen molar-refractivity contribution in [2.24, 2.45) is 5.92 Å². The Labute approximate surface area is 171 Å². The van der Waals surface area contributed by atoms with Crippen LogP contribution in [-0.4, -0.2) is 47.1 Å². The first-order valence-electron chi connectivity index (χ1n) is 10.1. The molecule has 1 aromatic carbocycles. The lowest BCUT2D eigenvalue weighted by Gasteiger charge is -2.32. The number of likely N-dealkylation sites (tertiary alicyclic amines) is 1. The van der Waals surface area contributed by atoms with Gasteiger partial charge in [-0.05, 0) is 37.8 Å². The molecule has 1 aliphatic rings. The third-order valence-electron chi connectivity index (χ3n) is 5.38. The summed E-state index contributed by atoms with van der Waals surface area (Å²) in [6.07, 6.45) is 5.38. The number of benzene rings is 1. The molecule has 2 aromatic rings. The average Bonchev–Trinajstić information content (AvgIpc) is 2.77. The Hall–Kier alpha value is -3.02. The monoisotopic (exact) mass is 393 g/mol. The van der Waals surface area contributed by atoms with Crippen LogP contribution in [-0.2, 0) is 4.79 Å². The van der Waals surface area contributed by atoms with Crippen molar-refractivity contribution in [1.82, 2.24) is 15.2 Å². The van der Waals surface area contributed by atoms with Gasteiger partial charge in [-0.25, -0.2) is 0 Å². The minimum absolute atomic E-state index is 0.00588. The van der Waals surface area contributed by atoms with Crippen molar-refractivity contribution in [3.8, 4) is 0 Å². The number of hydrogen-bond donors (Lipinski definition) is 1. The smallest absolute Gasteiger partial charge is 0.252 e. The zero-order valence-corrected chi connectivity index (χ0v) is 16.8. The molecule has 0 bridgehead atoms. The maximum Gasteiger partial charge on any atom is 0.252 e. The number of nitrogens with one attached hydrogen (secondary N) is 1. The zero-order chi connectivity index (χ0) is 20.6. The van der Waals surface area contributed by atoms with Gasteiger partial charge in [-0.2, -0.15) is 0 Å². The third-order valence-corrected chi connectivity index (χ3v) is 5.38. The number of pyridine rings is 1. The Morgan fingerprint density at radius 1 is 1.03 bits per heavy atom. The van der Waals surface area contributed by atoms with Crippen LogP contribution in [0.4, 0.5) is 0 Å². The topological polar surface area (TPSA) is 79.4 Å². The molecule has 1 saturated heterocycles. The molecule has 0 unspecified atom stereocenters. The standard InChI is InChI=1S/C23H27N3O3/c1-17-4-6-19(7-5-17)21(27)8-9-22(28)26-13-10-18(11-14-26)15-25-23(29)20-3-2-12-24-16-20/h2-7,12,16,18H,8-11,13-15H2,1H3,(H,25,29). The molecular weight excluding hydrogens is 366 g/mol. The van der Waals surface area contributed by atoms with Gasteiger partial charge in [0.1, 0.15) is 0 Å². The normalized spacial score (nSPS) is 14.4. The van der Waals surface area contributed by atoms with E-state index in [1.54, 1.807) is 24.5 Å². The Bertz CT molecular complexity index is 841. The Morgan fingerprint density at radius 3 is 2.41 bits per heavy atom. The molecule has 6 nitrogen and oxygen atoms in total. The summed E-state index contributed by atoms with van der Waals surface area (Å²) in [6, 6.07) is 10.9. The van der Waals surface area contributed by atoms with E-state index < -0.39 is 0 Å². The van der Waals surface area contributed by atoms with Crippen LogP contribution in [0, 0.1) is 12.8 Å². The largest absolute Gasteiger partial charge is 0.352 e. The summed E-state index contributed by atoms with van der Waals surface area (Å²) in [6.45, 7) is 3.92. The van der Waals surface area contributed by atoms with Gasteiger partial charge in [0.05, 0.1) is 5.56 Å². The number of amides is 2. The van der Waals surface area contributed by atoms with Crippen LogP contribution in [0.15, 0.2) is 48.8 Å². The fourth-order valence-electron chi connectivity index (χ4n) is 3.49. The molecule has 2 heterocycles. The molecular formula is C23H27N3O3. The lowest BCUT2D eigenvalue weighted by molar-refractivity contribution is -0.132. The molecule has 2 amide bonds. The molecule has 3 rings (SSSR count). The number of Topliss-reactive ketones (excluding diaryl/α,β-unsaturated/α-hetero) is 1. The van der Waals surface area contributed by atoms with Crippen LogP contribution in [0.2, 0.25) is 0 Å². The number of piperidine rings is 1.